The molecule has 0 fully saturated rings. The molecule has 1 atom stereocenters. The molecular formula is C13H16FN3O. The van der Waals surface area contributed by atoms with E-state index in [-0.39, 0.29) is 17.6 Å². The van der Waals surface area contributed by atoms with Gasteiger partial charge in [-0.25, -0.2) is 4.39 Å². The zero-order valence-electron chi connectivity index (χ0n) is 10.6. The van der Waals surface area contributed by atoms with Gasteiger partial charge in [0.2, 0.25) is 0 Å². The molecule has 0 spiro atoms. The van der Waals surface area contributed by atoms with Crippen molar-refractivity contribution in [3.05, 3.63) is 42.0 Å². The van der Waals surface area contributed by atoms with E-state index in [2.05, 4.69) is 10.4 Å². The number of rotatable bonds is 4. The van der Waals surface area contributed by atoms with E-state index >= 15 is 0 Å². The van der Waals surface area contributed by atoms with Crippen molar-refractivity contribution in [3.8, 4) is 5.75 Å². The molecule has 5 heteroatoms. The van der Waals surface area contributed by atoms with Crippen molar-refractivity contribution >= 4 is 5.69 Å². The van der Waals surface area contributed by atoms with Crippen molar-refractivity contribution in [1.29, 1.82) is 0 Å². The lowest BCUT2D eigenvalue weighted by atomic mass is 10.2. The number of aromatic nitrogens is 2. The highest BCUT2D eigenvalue weighted by Crippen LogP contribution is 2.24. The first-order valence-corrected chi connectivity index (χ1v) is 5.70. The van der Waals surface area contributed by atoms with Gasteiger partial charge in [-0.15, -0.1) is 0 Å². The van der Waals surface area contributed by atoms with Crippen LogP contribution in [-0.4, -0.2) is 16.9 Å². The number of nitrogens with one attached hydrogen (secondary N) is 1. The molecule has 0 amide bonds. The van der Waals surface area contributed by atoms with Gasteiger partial charge in [0.05, 0.1) is 18.8 Å². The van der Waals surface area contributed by atoms with E-state index in [1.165, 1.54) is 13.2 Å². The molecule has 1 N–H and O–H groups in total. The largest absolute Gasteiger partial charge is 0.494 e. The monoisotopic (exact) mass is 249 g/mol. The first-order valence-electron chi connectivity index (χ1n) is 5.70. The van der Waals surface area contributed by atoms with Crippen molar-refractivity contribution in [2.75, 3.05) is 12.4 Å². The third kappa shape index (κ3) is 2.45. The number of halogens is 1. The Balaban J connectivity index is 2.17. The van der Waals surface area contributed by atoms with Crippen LogP contribution in [-0.2, 0) is 7.05 Å². The quantitative estimate of drug-likeness (QED) is 0.905. The minimum atomic E-state index is -0.365. The lowest BCUT2D eigenvalue weighted by Gasteiger charge is -2.16. The van der Waals surface area contributed by atoms with Gasteiger partial charge < -0.3 is 10.1 Å². The molecule has 1 unspecified atom stereocenters. The summed E-state index contributed by atoms with van der Waals surface area (Å²) in [5.74, 6) is -0.131. The molecule has 0 aliphatic heterocycles. The average molecular weight is 249 g/mol. The molecule has 1 aromatic carbocycles. The molecule has 0 saturated heterocycles. The van der Waals surface area contributed by atoms with Crippen molar-refractivity contribution in [3.63, 3.8) is 0 Å². The van der Waals surface area contributed by atoms with Gasteiger partial charge in [-0.3, -0.25) is 4.68 Å². The highest BCUT2D eigenvalue weighted by Gasteiger charge is 2.10. The highest BCUT2D eigenvalue weighted by atomic mass is 19.1. The summed E-state index contributed by atoms with van der Waals surface area (Å²) < 4.78 is 20.0. The molecule has 0 aliphatic carbocycles. The fraction of sp³-hybridized carbons (Fsp3) is 0.308. The average Bonchev–Trinajstić information content (AvgIpc) is 2.78. The van der Waals surface area contributed by atoms with E-state index < -0.39 is 0 Å². The third-order valence-electron chi connectivity index (χ3n) is 2.84. The van der Waals surface area contributed by atoms with Gasteiger partial charge in [0, 0.05) is 25.0 Å². The maximum atomic E-state index is 13.3. The molecule has 0 radical (unpaired) electrons. The van der Waals surface area contributed by atoms with E-state index in [1.54, 1.807) is 23.0 Å². The maximum absolute atomic E-state index is 13.3. The Morgan fingerprint density at radius 1 is 1.39 bits per heavy atom. The van der Waals surface area contributed by atoms with E-state index in [0.29, 0.717) is 0 Å². The summed E-state index contributed by atoms with van der Waals surface area (Å²) in [5, 5.41) is 7.40. The van der Waals surface area contributed by atoms with Crippen molar-refractivity contribution < 1.29 is 9.13 Å². The summed E-state index contributed by atoms with van der Waals surface area (Å²) in [4.78, 5) is 0. The van der Waals surface area contributed by atoms with Crippen LogP contribution in [0.2, 0.25) is 0 Å². The molecular weight excluding hydrogens is 233 g/mol. The number of nitrogens with zero attached hydrogens (tertiary/aromatic N) is 2. The molecule has 18 heavy (non-hydrogen) atoms. The lowest BCUT2D eigenvalue weighted by molar-refractivity contribution is 0.386. The summed E-state index contributed by atoms with van der Waals surface area (Å²) in [5.41, 5.74) is 1.86. The molecule has 1 heterocycles. The predicted molar refractivity (Wildman–Crippen MR) is 68.2 cm³/mol. The molecule has 2 aromatic rings. The molecule has 2 rings (SSSR count). The van der Waals surface area contributed by atoms with E-state index in [0.717, 1.165) is 11.4 Å². The van der Waals surface area contributed by atoms with Crippen LogP contribution in [0.5, 0.6) is 5.75 Å². The minimum absolute atomic E-state index is 0.0765. The Hall–Kier alpha value is -2.04. The Labute approximate surface area is 105 Å². The lowest BCUT2D eigenvalue weighted by Crippen LogP contribution is -2.11. The number of methoxy groups -OCH3 is 1. The van der Waals surface area contributed by atoms with Crippen molar-refractivity contribution in [2.24, 2.45) is 7.05 Å². The van der Waals surface area contributed by atoms with Gasteiger partial charge in [0.15, 0.2) is 11.6 Å². The predicted octanol–water partition coefficient (Wildman–Crippen LogP) is 2.74. The Morgan fingerprint density at radius 3 is 2.78 bits per heavy atom. The van der Waals surface area contributed by atoms with Gasteiger partial charge in [-0.2, -0.15) is 5.10 Å². The molecule has 4 nitrogen and oxygen atoms in total. The van der Waals surface area contributed by atoms with Crippen LogP contribution in [0.15, 0.2) is 30.5 Å². The smallest absolute Gasteiger partial charge is 0.165 e. The molecule has 96 valence electrons. The number of benzene rings is 1. The van der Waals surface area contributed by atoms with Crippen LogP contribution in [0.1, 0.15) is 18.7 Å². The van der Waals surface area contributed by atoms with Crippen LogP contribution in [0, 0.1) is 5.82 Å². The number of aryl methyl sites for hydroxylation is 1. The summed E-state index contributed by atoms with van der Waals surface area (Å²) >= 11 is 0. The van der Waals surface area contributed by atoms with Crippen LogP contribution in [0.25, 0.3) is 0 Å². The number of anilines is 1. The zero-order valence-corrected chi connectivity index (χ0v) is 10.6. The zero-order chi connectivity index (χ0) is 13.1. The third-order valence-corrected chi connectivity index (χ3v) is 2.84. The Kier molecular flexibility index (Phi) is 3.50. The van der Waals surface area contributed by atoms with Crippen LogP contribution < -0.4 is 10.1 Å². The van der Waals surface area contributed by atoms with Gasteiger partial charge in [0.1, 0.15) is 0 Å². The summed E-state index contributed by atoms with van der Waals surface area (Å²) in [6, 6.07) is 6.73. The normalized spacial score (nSPS) is 12.2. The van der Waals surface area contributed by atoms with Crippen molar-refractivity contribution in [1.82, 2.24) is 9.78 Å². The summed E-state index contributed by atoms with van der Waals surface area (Å²) in [6.07, 6.45) is 1.75. The van der Waals surface area contributed by atoms with Gasteiger partial charge in [-0.05, 0) is 25.1 Å². The second-order valence-electron chi connectivity index (χ2n) is 4.10. The van der Waals surface area contributed by atoms with Crippen molar-refractivity contribution in [2.45, 2.75) is 13.0 Å². The van der Waals surface area contributed by atoms with Crippen LogP contribution >= 0.6 is 0 Å². The number of ether oxygens (including phenoxy) is 1. The summed E-state index contributed by atoms with van der Waals surface area (Å²) in [6.45, 7) is 2.02. The van der Waals surface area contributed by atoms with Crippen LogP contribution in [0.4, 0.5) is 10.1 Å². The summed E-state index contributed by atoms with van der Waals surface area (Å²) in [7, 11) is 3.34. The van der Waals surface area contributed by atoms with E-state index in [4.69, 9.17) is 4.74 Å². The standard InChI is InChI=1S/C13H16FN3O/c1-9(12-6-7-15-17(12)2)16-10-4-5-11(14)13(8-10)18-3/h4-9,16H,1-3H3. The van der Waals surface area contributed by atoms with Gasteiger partial charge >= 0.3 is 0 Å². The van der Waals surface area contributed by atoms with Gasteiger partial charge in [0.25, 0.3) is 0 Å². The fourth-order valence-electron chi connectivity index (χ4n) is 1.88. The first kappa shape index (κ1) is 12.4. The maximum Gasteiger partial charge on any atom is 0.165 e. The Morgan fingerprint density at radius 2 is 2.17 bits per heavy atom. The van der Waals surface area contributed by atoms with E-state index in [1.807, 2.05) is 20.0 Å². The van der Waals surface area contributed by atoms with E-state index in [9.17, 15) is 4.39 Å². The Bertz CT molecular complexity index is 539. The molecule has 1 aromatic heterocycles. The van der Waals surface area contributed by atoms with Crippen LogP contribution in [0.3, 0.4) is 0 Å². The van der Waals surface area contributed by atoms with Gasteiger partial charge in [-0.1, -0.05) is 0 Å². The molecule has 0 saturated carbocycles. The first-order chi connectivity index (χ1) is 8.61. The second kappa shape index (κ2) is 5.08. The number of hydrogen-bond donors (Lipinski definition) is 1. The SMILES string of the molecule is COc1cc(NC(C)c2ccnn2C)ccc1F. The minimum Gasteiger partial charge on any atom is -0.494 e. The second-order valence-corrected chi connectivity index (χ2v) is 4.10. The number of hydrogen-bond acceptors (Lipinski definition) is 3. The highest BCUT2D eigenvalue weighted by molar-refractivity contribution is 5.50. The molecule has 0 aliphatic rings. The molecule has 0 bridgehead atoms. The fourth-order valence-corrected chi connectivity index (χ4v) is 1.88. The topological polar surface area (TPSA) is 39.1 Å².